The van der Waals surface area contributed by atoms with Crippen LogP contribution in [0.15, 0.2) is 30.6 Å². The highest BCUT2D eigenvalue weighted by molar-refractivity contribution is 6.34. The number of halogens is 1. The van der Waals surface area contributed by atoms with Gasteiger partial charge in [0.2, 0.25) is 0 Å². The summed E-state index contributed by atoms with van der Waals surface area (Å²) in [4.78, 5) is 26.2. The molecule has 108 valence electrons. The first-order valence-corrected chi connectivity index (χ1v) is 6.22. The number of aryl methyl sites for hydroxylation is 1. The molecule has 0 fully saturated rings. The Morgan fingerprint density at radius 1 is 1.38 bits per heavy atom. The molecule has 0 aliphatic rings. The average Bonchev–Trinajstić information content (AvgIpc) is 2.41. The quantitative estimate of drug-likeness (QED) is 0.514. The molecule has 8 heteroatoms. The van der Waals surface area contributed by atoms with Gasteiger partial charge in [0.15, 0.2) is 0 Å². The lowest BCUT2D eigenvalue weighted by Crippen LogP contribution is -2.13. The van der Waals surface area contributed by atoms with Gasteiger partial charge in [-0.25, -0.2) is 0 Å². The van der Waals surface area contributed by atoms with E-state index in [2.05, 4.69) is 10.3 Å². The van der Waals surface area contributed by atoms with Crippen LogP contribution < -0.4 is 11.1 Å². The fraction of sp³-hybridized carbons (Fsp3) is 0.0769. The molecule has 0 bridgehead atoms. The molecule has 0 aliphatic carbocycles. The minimum atomic E-state index is -0.688. The van der Waals surface area contributed by atoms with Crippen LogP contribution in [0.1, 0.15) is 15.9 Å². The smallest absolute Gasteiger partial charge is 0.294 e. The molecule has 7 nitrogen and oxygen atoms in total. The predicted octanol–water partition coefficient (Wildman–Crippen LogP) is 2.79. The topological polar surface area (TPSA) is 111 Å². The van der Waals surface area contributed by atoms with Crippen molar-refractivity contribution < 1.29 is 9.72 Å². The number of hydrogen-bond acceptors (Lipinski definition) is 5. The highest BCUT2D eigenvalue weighted by Crippen LogP contribution is 2.31. The van der Waals surface area contributed by atoms with E-state index in [1.807, 2.05) is 6.92 Å². The van der Waals surface area contributed by atoms with Crippen LogP contribution in [0, 0.1) is 17.0 Å². The fourth-order valence-corrected chi connectivity index (χ4v) is 1.93. The SMILES string of the molecule is Cc1cncc(NC(=O)c2cc(Cl)c(N)c([N+](=O)[O-])c2)c1. The van der Waals surface area contributed by atoms with Crippen LogP contribution in [0.2, 0.25) is 5.02 Å². The number of pyridine rings is 1. The molecule has 0 aliphatic heterocycles. The molecule has 1 aromatic carbocycles. The van der Waals surface area contributed by atoms with E-state index < -0.39 is 16.5 Å². The molecule has 1 heterocycles. The number of nitrogens with two attached hydrogens (primary N) is 1. The number of aromatic nitrogens is 1. The maximum absolute atomic E-state index is 12.1. The number of nitrogens with one attached hydrogen (secondary N) is 1. The van der Waals surface area contributed by atoms with E-state index in [1.54, 1.807) is 12.3 Å². The summed E-state index contributed by atoms with van der Waals surface area (Å²) < 4.78 is 0. The maximum atomic E-state index is 12.1. The molecule has 1 aromatic heterocycles. The lowest BCUT2D eigenvalue weighted by atomic mass is 10.1. The van der Waals surface area contributed by atoms with E-state index >= 15 is 0 Å². The molecule has 0 radical (unpaired) electrons. The molecule has 3 N–H and O–H groups in total. The van der Waals surface area contributed by atoms with Crippen LogP contribution in [0.25, 0.3) is 0 Å². The second-order valence-corrected chi connectivity index (χ2v) is 4.76. The van der Waals surface area contributed by atoms with Gasteiger partial charge >= 0.3 is 0 Å². The number of benzene rings is 1. The van der Waals surface area contributed by atoms with E-state index in [4.69, 9.17) is 17.3 Å². The molecular weight excluding hydrogens is 296 g/mol. The monoisotopic (exact) mass is 306 g/mol. The summed E-state index contributed by atoms with van der Waals surface area (Å²) in [5, 5.41) is 13.4. The largest absolute Gasteiger partial charge is 0.392 e. The van der Waals surface area contributed by atoms with E-state index in [-0.39, 0.29) is 16.3 Å². The number of nitrogens with zero attached hydrogens (tertiary/aromatic N) is 2. The summed E-state index contributed by atoms with van der Waals surface area (Å²) >= 11 is 5.81. The summed E-state index contributed by atoms with van der Waals surface area (Å²) in [6.07, 6.45) is 3.11. The highest BCUT2D eigenvalue weighted by atomic mass is 35.5. The molecule has 0 spiro atoms. The number of amides is 1. The third-order valence-electron chi connectivity index (χ3n) is 2.70. The molecule has 2 aromatic rings. The number of nitrogen functional groups attached to an aromatic ring is 1. The van der Waals surface area contributed by atoms with E-state index in [0.29, 0.717) is 5.69 Å². The van der Waals surface area contributed by atoms with E-state index in [9.17, 15) is 14.9 Å². The van der Waals surface area contributed by atoms with Gasteiger partial charge in [-0.2, -0.15) is 0 Å². The van der Waals surface area contributed by atoms with Crippen LogP contribution >= 0.6 is 11.6 Å². The fourth-order valence-electron chi connectivity index (χ4n) is 1.71. The standard InChI is InChI=1S/C13H11ClN4O3/c1-7-2-9(6-16-5-7)17-13(19)8-3-10(14)12(15)11(4-8)18(20)21/h2-6H,15H2,1H3,(H,17,19). The summed E-state index contributed by atoms with van der Waals surface area (Å²) in [6.45, 7) is 1.83. The van der Waals surface area contributed by atoms with Crippen molar-refractivity contribution in [2.24, 2.45) is 0 Å². The van der Waals surface area contributed by atoms with Crippen LogP contribution in [0.5, 0.6) is 0 Å². The summed E-state index contributed by atoms with van der Waals surface area (Å²) in [6, 6.07) is 4.08. The zero-order valence-corrected chi connectivity index (χ0v) is 11.7. The van der Waals surface area contributed by atoms with Crippen LogP contribution in [-0.4, -0.2) is 15.8 Å². The Morgan fingerprint density at radius 3 is 2.71 bits per heavy atom. The minimum absolute atomic E-state index is 0.0439. The van der Waals surface area contributed by atoms with Crippen molar-refractivity contribution in [3.05, 3.63) is 56.9 Å². The number of rotatable bonds is 3. The Bertz CT molecular complexity index is 733. The number of anilines is 2. The summed E-state index contributed by atoms with van der Waals surface area (Å²) in [5.41, 5.74) is 6.33. The first-order chi connectivity index (χ1) is 9.88. The lowest BCUT2D eigenvalue weighted by Gasteiger charge is -2.07. The van der Waals surface area contributed by atoms with Gasteiger partial charge in [-0.05, 0) is 24.6 Å². The summed E-state index contributed by atoms with van der Waals surface area (Å²) in [5.74, 6) is -0.535. The van der Waals surface area contributed by atoms with Gasteiger partial charge < -0.3 is 11.1 Å². The summed E-state index contributed by atoms with van der Waals surface area (Å²) in [7, 11) is 0. The van der Waals surface area contributed by atoms with Gasteiger partial charge in [-0.15, -0.1) is 0 Å². The zero-order valence-electron chi connectivity index (χ0n) is 11.0. The van der Waals surface area contributed by atoms with Crippen molar-refractivity contribution in [3.8, 4) is 0 Å². The van der Waals surface area contributed by atoms with Crippen molar-refractivity contribution in [2.45, 2.75) is 6.92 Å². The predicted molar refractivity (Wildman–Crippen MR) is 79.4 cm³/mol. The number of hydrogen-bond donors (Lipinski definition) is 2. The van der Waals surface area contributed by atoms with Gasteiger partial charge in [-0.1, -0.05) is 11.6 Å². The molecule has 2 rings (SSSR count). The molecule has 0 saturated carbocycles. The average molecular weight is 307 g/mol. The van der Waals surface area contributed by atoms with E-state index in [0.717, 1.165) is 11.6 Å². The molecule has 21 heavy (non-hydrogen) atoms. The minimum Gasteiger partial charge on any atom is -0.392 e. The normalized spacial score (nSPS) is 10.2. The zero-order chi connectivity index (χ0) is 15.6. The molecule has 0 saturated heterocycles. The first kappa shape index (κ1) is 14.7. The second-order valence-electron chi connectivity index (χ2n) is 4.35. The van der Waals surface area contributed by atoms with Crippen molar-refractivity contribution in [1.29, 1.82) is 0 Å². The lowest BCUT2D eigenvalue weighted by molar-refractivity contribution is -0.383. The Hall–Kier alpha value is -2.67. The van der Waals surface area contributed by atoms with Gasteiger partial charge in [0, 0.05) is 17.8 Å². The van der Waals surface area contributed by atoms with Gasteiger partial charge in [0.05, 0.1) is 21.8 Å². The Kier molecular flexibility index (Phi) is 4.04. The number of nitro groups is 1. The van der Waals surface area contributed by atoms with Crippen molar-refractivity contribution >= 4 is 34.6 Å². The van der Waals surface area contributed by atoms with Gasteiger partial charge in [0.25, 0.3) is 11.6 Å². The molecular formula is C13H11ClN4O3. The third-order valence-corrected chi connectivity index (χ3v) is 3.01. The first-order valence-electron chi connectivity index (χ1n) is 5.85. The van der Waals surface area contributed by atoms with Crippen molar-refractivity contribution in [2.75, 3.05) is 11.1 Å². The third kappa shape index (κ3) is 3.26. The maximum Gasteiger partial charge on any atom is 0.294 e. The molecule has 1 amide bonds. The van der Waals surface area contributed by atoms with Crippen LogP contribution in [-0.2, 0) is 0 Å². The molecule has 0 unspecified atom stereocenters. The number of carbonyl (C=O) groups excluding carboxylic acids is 1. The van der Waals surface area contributed by atoms with Crippen LogP contribution in [0.4, 0.5) is 17.1 Å². The Labute approximate surface area is 124 Å². The van der Waals surface area contributed by atoms with Crippen LogP contribution in [0.3, 0.4) is 0 Å². The Balaban J connectivity index is 2.33. The van der Waals surface area contributed by atoms with Crippen molar-refractivity contribution in [1.82, 2.24) is 4.98 Å². The van der Waals surface area contributed by atoms with Crippen molar-refractivity contribution in [3.63, 3.8) is 0 Å². The number of carbonyl (C=O) groups is 1. The molecule has 0 atom stereocenters. The second kappa shape index (κ2) is 5.76. The Morgan fingerprint density at radius 2 is 2.10 bits per heavy atom. The van der Waals surface area contributed by atoms with Gasteiger partial charge in [-0.3, -0.25) is 19.9 Å². The van der Waals surface area contributed by atoms with Gasteiger partial charge in [0.1, 0.15) is 5.69 Å². The van der Waals surface area contributed by atoms with E-state index in [1.165, 1.54) is 12.3 Å². The highest BCUT2D eigenvalue weighted by Gasteiger charge is 2.19. The number of nitro benzene ring substituents is 1.